The van der Waals surface area contributed by atoms with Crippen LogP contribution in [-0.2, 0) is 17.8 Å². The average molecular weight is 563 g/mol. The van der Waals surface area contributed by atoms with Crippen LogP contribution in [0.4, 0.5) is 11.4 Å². The molecule has 1 aliphatic rings. The van der Waals surface area contributed by atoms with E-state index in [1.807, 2.05) is 30.3 Å². The molecule has 4 aromatic rings. The van der Waals surface area contributed by atoms with Crippen molar-refractivity contribution in [3.8, 4) is 5.69 Å². The van der Waals surface area contributed by atoms with E-state index in [0.717, 1.165) is 17.7 Å². The highest BCUT2D eigenvalue weighted by atomic mass is 35.5. The van der Waals surface area contributed by atoms with Crippen LogP contribution in [0.15, 0.2) is 71.9 Å². The van der Waals surface area contributed by atoms with E-state index in [1.165, 1.54) is 30.0 Å². The molecule has 1 N–H and O–H groups in total. The molecule has 0 spiro atoms. The molecule has 0 bridgehead atoms. The van der Waals surface area contributed by atoms with Gasteiger partial charge in [0.2, 0.25) is 5.91 Å². The summed E-state index contributed by atoms with van der Waals surface area (Å²) in [6.45, 7) is 2.24. The minimum absolute atomic E-state index is 0.00593. The van der Waals surface area contributed by atoms with Gasteiger partial charge in [0.05, 0.1) is 22.9 Å². The van der Waals surface area contributed by atoms with Gasteiger partial charge in [-0.15, -0.1) is 10.2 Å². The molecule has 0 radical (unpaired) electrons. The van der Waals surface area contributed by atoms with Gasteiger partial charge in [0, 0.05) is 34.4 Å². The first-order valence-corrected chi connectivity index (χ1v) is 13.4. The van der Waals surface area contributed by atoms with Crippen molar-refractivity contribution in [1.29, 1.82) is 0 Å². The van der Waals surface area contributed by atoms with Crippen LogP contribution >= 0.6 is 23.4 Å². The van der Waals surface area contributed by atoms with Crippen molar-refractivity contribution in [2.75, 3.05) is 17.2 Å². The molecule has 0 atom stereocenters. The van der Waals surface area contributed by atoms with Gasteiger partial charge in [-0.1, -0.05) is 53.7 Å². The number of hydrogen-bond acceptors (Lipinski definition) is 7. The third-order valence-electron chi connectivity index (χ3n) is 6.35. The molecule has 5 rings (SSSR count). The molecule has 3 aromatic carbocycles. The number of nitro benzene ring substituents is 1. The van der Waals surface area contributed by atoms with Crippen molar-refractivity contribution in [2.24, 2.45) is 0 Å². The normalized spacial score (nSPS) is 12.3. The summed E-state index contributed by atoms with van der Waals surface area (Å²) in [4.78, 5) is 38.4. The molecule has 12 heteroatoms. The number of rotatable bonds is 8. The Kier molecular flexibility index (Phi) is 7.62. The van der Waals surface area contributed by atoms with Crippen LogP contribution in [0.25, 0.3) is 5.69 Å². The van der Waals surface area contributed by atoms with E-state index in [-0.39, 0.29) is 29.5 Å². The predicted molar refractivity (Wildman–Crippen MR) is 149 cm³/mol. The fraction of sp³-hybridized carbons (Fsp3) is 0.185. The Balaban J connectivity index is 1.35. The topological polar surface area (TPSA) is 123 Å². The first-order valence-electron chi connectivity index (χ1n) is 12.1. The van der Waals surface area contributed by atoms with Crippen LogP contribution in [-0.4, -0.2) is 43.8 Å². The number of para-hydroxylation sites is 1. The summed E-state index contributed by atoms with van der Waals surface area (Å²) >= 11 is 7.49. The van der Waals surface area contributed by atoms with Gasteiger partial charge in [-0.05, 0) is 49.2 Å². The van der Waals surface area contributed by atoms with Crippen LogP contribution < -0.4 is 10.2 Å². The van der Waals surface area contributed by atoms with Crippen LogP contribution in [0, 0.1) is 17.0 Å². The van der Waals surface area contributed by atoms with E-state index in [4.69, 9.17) is 11.6 Å². The summed E-state index contributed by atoms with van der Waals surface area (Å²) in [6.07, 6.45) is 0.819. The SMILES string of the molecule is Cc1ccc(C(=O)NCc2nnc(SCC(=O)N3CCc4ccccc43)n2-c2cccc(Cl)c2)cc1[N+](=O)[O-]. The minimum atomic E-state index is -0.520. The Labute approximate surface area is 233 Å². The summed E-state index contributed by atoms with van der Waals surface area (Å²) in [5.74, 6) is 0.0258. The van der Waals surface area contributed by atoms with Gasteiger partial charge in [0.15, 0.2) is 11.0 Å². The second-order valence-corrected chi connectivity index (χ2v) is 10.2. The highest BCUT2D eigenvalue weighted by Gasteiger charge is 2.25. The summed E-state index contributed by atoms with van der Waals surface area (Å²) in [7, 11) is 0. The molecule has 2 heterocycles. The fourth-order valence-electron chi connectivity index (χ4n) is 4.39. The highest BCUT2D eigenvalue weighted by Crippen LogP contribution is 2.30. The van der Waals surface area contributed by atoms with E-state index in [2.05, 4.69) is 15.5 Å². The van der Waals surface area contributed by atoms with Crippen LogP contribution in [0.3, 0.4) is 0 Å². The monoisotopic (exact) mass is 562 g/mol. The maximum absolute atomic E-state index is 13.1. The number of benzene rings is 3. The number of thioether (sulfide) groups is 1. The van der Waals surface area contributed by atoms with Crippen LogP contribution in [0.1, 0.15) is 27.3 Å². The number of anilines is 1. The number of carbonyl (C=O) groups excluding carboxylic acids is 2. The Morgan fingerprint density at radius 1 is 1.10 bits per heavy atom. The lowest BCUT2D eigenvalue weighted by Crippen LogP contribution is -2.30. The highest BCUT2D eigenvalue weighted by molar-refractivity contribution is 7.99. The lowest BCUT2D eigenvalue weighted by Gasteiger charge is -2.17. The standard InChI is InChI=1S/C27H23ClN6O4S/c1-17-9-10-19(13-23(17)34(37)38)26(36)29-15-24-30-31-27(33(24)21-7-4-6-20(28)14-21)39-16-25(35)32-12-11-18-5-2-3-8-22(18)32/h2-10,13-14H,11-12,15-16H2,1H3,(H,29,36). The maximum Gasteiger partial charge on any atom is 0.273 e. The van der Waals surface area contributed by atoms with Crippen molar-refractivity contribution in [3.63, 3.8) is 0 Å². The zero-order valence-electron chi connectivity index (χ0n) is 20.8. The third-order valence-corrected chi connectivity index (χ3v) is 7.50. The van der Waals surface area contributed by atoms with Crippen molar-refractivity contribution < 1.29 is 14.5 Å². The lowest BCUT2D eigenvalue weighted by molar-refractivity contribution is -0.385. The number of aryl methyl sites for hydroxylation is 1. The summed E-state index contributed by atoms with van der Waals surface area (Å²) in [5, 5.41) is 23.5. The number of aromatic nitrogens is 3. The van der Waals surface area contributed by atoms with Crippen molar-refractivity contribution in [1.82, 2.24) is 20.1 Å². The van der Waals surface area contributed by atoms with Crippen molar-refractivity contribution in [3.05, 3.63) is 104 Å². The number of hydrogen-bond donors (Lipinski definition) is 1. The van der Waals surface area contributed by atoms with E-state index >= 15 is 0 Å². The first-order chi connectivity index (χ1) is 18.8. The summed E-state index contributed by atoms with van der Waals surface area (Å²) < 4.78 is 1.74. The second kappa shape index (κ2) is 11.3. The molecular weight excluding hydrogens is 540 g/mol. The molecule has 39 heavy (non-hydrogen) atoms. The minimum Gasteiger partial charge on any atom is -0.345 e. The van der Waals surface area contributed by atoms with Crippen LogP contribution in [0.5, 0.6) is 0 Å². The van der Waals surface area contributed by atoms with Crippen LogP contribution in [0.2, 0.25) is 5.02 Å². The van der Waals surface area contributed by atoms with E-state index in [1.54, 1.807) is 34.6 Å². The third kappa shape index (κ3) is 5.64. The number of nitrogens with one attached hydrogen (secondary N) is 1. The Bertz CT molecular complexity index is 1590. The number of nitrogens with zero attached hydrogens (tertiary/aromatic N) is 5. The van der Waals surface area contributed by atoms with E-state index in [0.29, 0.717) is 33.8 Å². The lowest BCUT2D eigenvalue weighted by atomic mass is 10.1. The molecule has 0 aliphatic carbocycles. The summed E-state index contributed by atoms with van der Waals surface area (Å²) in [5.41, 5.74) is 3.24. The fourth-order valence-corrected chi connectivity index (χ4v) is 5.42. The molecule has 198 valence electrons. The average Bonchev–Trinajstić information content (AvgIpc) is 3.54. The van der Waals surface area contributed by atoms with Gasteiger partial charge < -0.3 is 10.2 Å². The molecular formula is C27H23ClN6O4S. The van der Waals surface area contributed by atoms with Gasteiger partial charge in [0.25, 0.3) is 11.6 Å². The van der Waals surface area contributed by atoms with E-state index in [9.17, 15) is 19.7 Å². The zero-order valence-corrected chi connectivity index (χ0v) is 22.4. The number of amides is 2. The predicted octanol–water partition coefficient (Wildman–Crippen LogP) is 4.75. The molecule has 0 saturated heterocycles. The number of carbonyl (C=O) groups is 2. The van der Waals surface area contributed by atoms with Gasteiger partial charge in [-0.25, -0.2) is 0 Å². The van der Waals surface area contributed by atoms with Crippen molar-refractivity contribution >= 4 is 46.6 Å². The van der Waals surface area contributed by atoms with Gasteiger partial charge >= 0.3 is 0 Å². The smallest absolute Gasteiger partial charge is 0.273 e. The first kappa shape index (κ1) is 26.4. The van der Waals surface area contributed by atoms with Gasteiger partial charge in [-0.2, -0.15) is 0 Å². The molecule has 1 aromatic heterocycles. The summed E-state index contributed by atoms with van der Waals surface area (Å²) in [6, 6.07) is 19.3. The number of nitro groups is 1. The number of halogens is 1. The number of fused-ring (bicyclic) bond motifs is 1. The quantitative estimate of drug-likeness (QED) is 0.187. The Hall–Kier alpha value is -4.22. The molecule has 0 fully saturated rings. The maximum atomic E-state index is 13.1. The zero-order chi connectivity index (χ0) is 27.5. The molecule has 10 nitrogen and oxygen atoms in total. The van der Waals surface area contributed by atoms with Gasteiger partial charge in [-0.3, -0.25) is 24.3 Å². The van der Waals surface area contributed by atoms with Gasteiger partial charge in [0.1, 0.15) is 0 Å². The van der Waals surface area contributed by atoms with E-state index < -0.39 is 10.8 Å². The van der Waals surface area contributed by atoms with Crippen molar-refractivity contribution in [2.45, 2.75) is 25.0 Å². The largest absolute Gasteiger partial charge is 0.345 e. The Morgan fingerprint density at radius 3 is 2.72 bits per heavy atom. The Morgan fingerprint density at radius 2 is 1.92 bits per heavy atom. The molecule has 0 unspecified atom stereocenters. The molecule has 2 amide bonds. The molecule has 1 aliphatic heterocycles. The second-order valence-electron chi connectivity index (χ2n) is 8.87. The molecule has 0 saturated carbocycles.